The number of aromatic amines is 1. The summed E-state index contributed by atoms with van der Waals surface area (Å²) in [5, 5.41) is 12.4. The molecule has 1 aromatic carbocycles. The van der Waals surface area contributed by atoms with Crippen LogP contribution in [0.3, 0.4) is 0 Å². The molecule has 0 radical (unpaired) electrons. The second kappa shape index (κ2) is 8.78. The summed E-state index contributed by atoms with van der Waals surface area (Å²) >= 11 is 0.905. The lowest BCUT2D eigenvalue weighted by molar-refractivity contribution is -0.137. The Hall–Kier alpha value is -3.01. The standard InChI is InChI=1S/C20H19F3N2O4S/c1-29-15-7-4-12(9-16-18(27)25-19(28)30-16)8-14(15)17(26)24-10-11-2-5-13(6-3-11)20(21,22)23/h2-3,5-6,8,27H,4,7,9-10H2,1H3,(H,24,26)(H,25,28). The highest BCUT2D eigenvalue weighted by Crippen LogP contribution is 2.30. The molecular weight excluding hydrogens is 421 g/mol. The van der Waals surface area contributed by atoms with Crippen LogP contribution in [0.15, 0.2) is 52.0 Å². The van der Waals surface area contributed by atoms with E-state index in [1.54, 1.807) is 6.08 Å². The van der Waals surface area contributed by atoms with Gasteiger partial charge in [0.1, 0.15) is 5.76 Å². The summed E-state index contributed by atoms with van der Waals surface area (Å²) in [7, 11) is 1.46. The lowest BCUT2D eigenvalue weighted by Crippen LogP contribution is -2.26. The number of carbonyl (C=O) groups excluding carboxylic acids is 1. The maximum Gasteiger partial charge on any atom is 0.416 e. The van der Waals surface area contributed by atoms with E-state index in [9.17, 15) is 27.9 Å². The van der Waals surface area contributed by atoms with Crippen molar-refractivity contribution in [3.05, 3.63) is 72.9 Å². The van der Waals surface area contributed by atoms with Crippen molar-refractivity contribution in [3.63, 3.8) is 0 Å². The number of nitrogens with one attached hydrogen (secondary N) is 2. The fourth-order valence-electron chi connectivity index (χ4n) is 3.08. The molecule has 0 bridgehead atoms. The smallest absolute Gasteiger partial charge is 0.416 e. The fourth-order valence-corrected chi connectivity index (χ4v) is 3.85. The summed E-state index contributed by atoms with van der Waals surface area (Å²) in [5.41, 5.74) is 0.934. The minimum absolute atomic E-state index is 0.0564. The number of alkyl halides is 3. The molecule has 0 saturated heterocycles. The molecule has 0 spiro atoms. The first-order chi connectivity index (χ1) is 14.2. The van der Waals surface area contributed by atoms with Gasteiger partial charge in [0.15, 0.2) is 0 Å². The second-order valence-corrected chi connectivity index (χ2v) is 7.75. The highest BCUT2D eigenvalue weighted by Gasteiger charge is 2.30. The zero-order chi connectivity index (χ0) is 21.9. The second-order valence-electron chi connectivity index (χ2n) is 6.68. The van der Waals surface area contributed by atoms with Gasteiger partial charge in [-0.25, -0.2) is 0 Å². The van der Waals surface area contributed by atoms with Crippen LogP contribution < -0.4 is 10.2 Å². The van der Waals surface area contributed by atoms with Gasteiger partial charge in [-0.15, -0.1) is 0 Å². The molecule has 1 aliphatic carbocycles. The van der Waals surface area contributed by atoms with Crippen LogP contribution in [0, 0.1) is 0 Å². The molecule has 2 aromatic rings. The SMILES string of the molecule is COC1=C(C(=O)NCc2ccc(C(F)(F)F)cc2)C=C(Cc2sc(=O)[nH]c2O)CC1. The van der Waals surface area contributed by atoms with Gasteiger partial charge in [-0.1, -0.05) is 29.0 Å². The molecule has 3 N–H and O–H groups in total. The van der Waals surface area contributed by atoms with E-state index in [1.165, 1.54) is 19.2 Å². The number of allylic oxidation sites excluding steroid dienone is 2. The number of methoxy groups -OCH3 is 1. The summed E-state index contributed by atoms with van der Waals surface area (Å²) in [6.07, 6.45) is -1.35. The Kier molecular flexibility index (Phi) is 6.35. The number of ether oxygens (including phenoxy) is 1. The lowest BCUT2D eigenvalue weighted by atomic mass is 9.94. The lowest BCUT2D eigenvalue weighted by Gasteiger charge is -2.19. The molecule has 160 valence electrons. The quantitative estimate of drug-likeness (QED) is 0.640. The Morgan fingerprint density at radius 3 is 2.53 bits per heavy atom. The Morgan fingerprint density at radius 2 is 1.97 bits per heavy atom. The third-order valence-electron chi connectivity index (χ3n) is 4.64. The molecule has 1 amide bonds. The first kappa shape index (κ1) is 21.7. The predicted octanol–water partition coefficient (Wildman–Crippen LogP) is 3.64. The van der Waals surface area contributed by atoms with Crippen LogP contribution in [0.2, 0.25) is 0 Å². The van der Waals surface area contributed by atoms with Gasteiger partial charge in [0, 0.05) is 19.4 Å². The van der Waals surface area contributed by atoms with Gasteiger partial charge in [-0.2, -0.15) is 13.2 Å². The van der Waals surface area contributed by atoms with Crippen LogP contribution >= 0.6 is 11.3 Å². The normalized spacial score (nSPS) is 14.5. The molecule has 0 aliphatic heterocycles. The zero-order valence-corrected chi connectivity index (χ0v) is 16.7. The van der Waals surface area contributed by atoms with Crippen molar-refractivity contribution < 1.29 is 27.8 Å². The van der Waals surface area contributed by atoms with E-state index in [0.717, 1.165) is 29.0 Å². The molecule has 1 aromatic heterocycles. The Balaban J connectivity index is 1.70. The van der Waals surface area contributed by atoms with Crippen molar-refractivity contribution in [2.24, 2.45) is 0 Å². The van der Waals surface area contributed by atoms with Gasteiger partial charge in [0.05, 0.1) is 23.1 Å². The number of amides is 1. The predicted molar refractivity (Wildman–Crippen MR) is 105 cm³/mol. The molecular formula is C20H19F3N2O4S. The van der Waals surface area contributed by atoms with E-state index < -0.39 is 17.6 Å². The topological polar surface area (TPSA) is 91.4 Å². The number of hydrogen-bond acceptors (Lipinski definition) is 5. The average Bonchev–Trinajstić information content (AvgIpc) is 3.02. The molecule has 3 rings (SSSR count). The largest absolute Gasteiger partial charge is 0.500 e. The number of hydrogen-bond donors (Lipinski definition) is 3. The van der Waals surface area contributed by atoms with Gasteiger partial charge >= 0.3 is 11.0 Å². The van der Waals surface area contributed by atoms with Gasteiger partial charge < -0.3 is 15.2 Å². The van der Waals surface area contributed by atoms with E-state index in [0.29, 0.717) is 41.0 Å². The summed E-state index contributed by atoms with van der Waals surface area (Å²) in [5.74, 6) is -0.105. The third kappa shape index (κ3) is 5.12. The molecule has 0 fully saturated rings. The summed E-state index contributed by atoms with van der Waals surface area (Å²) < 4.78 is 43.2. The van der Waals surface area contributed by atoms with Gasteiger partial charge in [-0.3, -0.25) is 14.6 Å². The molecule has 0 saturated carbocycles. The van der Waals surface area contributed by atoms with E-state index in [4.69, 9.17) is 4.74 Å². The van der Waals surface area contributed by atoms with Crippen LogP contribution in [0.1, 0.15) is 28.8 Å². The van der Waals surface area contributed by atoms with Crippen LogP contribution in [-0.2, 0) is 28.7 Å². The fraction of sp³-hybridized carbons (Fsp3) is 0.300. The number of thiazole rings is 1. The van der Waals surface area contributed by atoms with Gasteiger partial charge in [0.25, 0.3) is 5.91 Å². The van der Waals surface area contributed by atoms with Gasteiger partial charge in [-0.05, 0) is 30.2 Å². The third-order valence-corrected chi connectivity index (χ3v) is 5.51. The van der Waals surface area contributed by atoms with Crippen molar-refractivity contribution in [2.45, 2.75) is 32.0 Å². The number of halogens is 3. The summed E-state index contributed by atoms with van der Waals surface area (Å²) in [6.45, 7) is 0.0564. The monoisotopic (exact) mass is 440 g/mol. The molecule has 0 unspecified atom stereocenters. The van der Waals surface area contributed by atoms with Crippen LogP contribution in [0.4, 0.5) is 13.2 Å². The first-order valence-electron chi connectivity index (χ1n) is 8.99. The molecule has 6 nitrogen and oxygen atoms in total. The van der Waals surface area contributed by atoms with Crippen LogP contribution in [0.5, 0.6) is 5.88 Å². The van der Waals surface area contributed by atoms with Crippen LogP contribution in [-0.4, -0.2) is 23.1 Å². The van der Waals surface area contributed by atoms with Crippen molar-refractivity contribution >= 4 is 17.2 Å². The first-order valence-corrected chi connectivity index (χ1v) is 9.81. The number of benzene rings is 1. The molecule has 1 heterocycles. The van der Waals surface area contributed by atoms with Crippen molar-refractivity contribution in [1.82, 2.24) is 10.3 Å². The zero-order valence-electron chi connectivity index (χ0n) is 15.9. The molecule has 1 aliphatic rings. The number of aromatic nitrogens is 1. The maximum absolute atomic E-state index is 12.7. The summed E-state index contributed by atoms with van der Waals surface area (Å²) in [6, 6.07) is 4.56. The minimum Gasteiger partial charge on any atom is -0.500 e. The highest BCUT2D eigenvalue weighted by molar-refractivity contribution is 7.09. The van der Waals surface area contributed by atoms with Crippen LogP contribution in [0.25, 0.3) is 0 Å². The van der Waals surface area contributed by atoms with Crippen molar-refractivity contribution in [1.29, 1.82) is 0 Å². The Bertz CT molecular complexity index is 1050. The Labute approximate surface area is 173 Å². The number of rotatable bonds is 6. The number of H-pyrrole nitrogens is 1. The highest BCUT2D eigenvalue weighted by atomic mass is 32.1. The average molecular weight is 440 g/mol. The van der Waals surface area contributed by atoms with E-state index in [2.05, 4.69) is 10.3 Å². The maximum atomic E-state index is 12.7. The number of aromatic hydroxyl groups is 1. The molecule has 10 heteroatoms. The van der Waals surface area contributed by atoms with E-state index in [1.807, 2.05) is 0 Å². The summed E-state index contributed by atoms with van der Waals surface area (Å²) in [4.78, 5) is 26.4. The van der Waals surface area contributed by atoms with E-state index in [-0.39, 0.29) is 17.3 Å². The van der Waals surface area contributed by atoms with E-state index >= 15 is 0 Å². The van der Waals surface area contributed by atoms with Crippen molar-refractivity contribution in [2.75, 3.05) is 7.11 Å². The number of carbonyl (C=O) groups is 1. The Morgan fingerprint density at radius 1 is 1.27 bits per heavy atom. The molecule has 30 heavy (non-hydrogen) atoms. The van der Waals surface area contributed by atoms with Gasteiger partial charge in [0.2, 0.25) is 5.88 Å². The molecule has 0 atom stereocenters. The van der Waals surface area contributed by atoms with Crippen molar-refractivity contribution in [3.8, 4) is 5.88 Å². The minimum atomic E-state index is -4.41.